The fraction of sp³-hybridized carbons (Fsp3) is 1.00. The van der Waals surface area contributed by atoms with Crippen LogP contribution in [0.15, 0.2) is 0 Å². The predicted octanol–water partition coefficient (Wildman–Crippen LogP) is 2.94. The van der Waals surface area contributed by atoms with E-state index in [1.165, 1.54) is 0 Å². The summed E-state index contributed by atoms with van der Waals surface area (Å²) in [4.78, 5) is 10.2. The largest absolute Gasteiger partial charge is 0.286 e. The summed E-state index contributed by atoms with van der Waals surface area (Å²) in [5.74, 6) is 0. The highest BCUT2D eigenvalue weighted by Gasteiger charge is 2.44. The zero-order valence-corrected chi connectivity index (χ0v) is 9.68. The van der Waals surface area contributed by atoms with E-state index in [9.17, 15) is 10.1 Å². The molecule has 5 heteroatoms. The van der Waals surface area contributed by atoms with Gasteiger partial charge >= 0.3 is 0 Å². The van der Waals surface area contributed by atoms with Crippen molar-refractivity contribution in [1.82, 2.24) is 0 Å². The molecule has 0 aliphatic carbocycles. The second-order valence-electron chi connectivity index (χ2n) is 2.31. The van der Waals surface area contributed by atoms with Crippen molar-refractivity contribution in [1.29, 1.82) is 0 Å². The van der Waals surface area contributed by atoms with E-state index < -0.39 is 4.45 Å². The van der Waals surface area contributed by atoms with E-state index in [-0.39, 0.29) is 9.75 Å². The molecule has 0 amide bonds. The van der Waals surface area contributed by atoms with Crippen molar-refractivity contribution in [3.63, 3.8) is 0 Å². The second kappa shape index (κ2) is 4.40. The van der Waals surface area contributed by atoms with Crippen LogP contribution in [0.4, 0.5) is 0 Å². The minimum absolute atomic E-state index is 0.116. The van der Waals surface area contributed by atoms with Crippen LogP contribution < -0.4 is 0 Å². The number of alkyl halides is 2. The van der Waals surface area contributed by atoms with Gasteiger partial charge in [-0.05, 0) is 6.42 Å². The first-order valence-electron chi connectivity index (χ1n) is 3.46. The van der Waals surface area contributed by atoms with Gasteiger partial charge < -0.3 is 0 Å². The van der Waals surface area contributed by atoms with E-state index in [1.807, 2.05) is 6.92 Å². The van der Waals surface area contributed by atoms with Gasteiger partial charge in [0.2, 0.25) is 0 Å². The summed E-state index contributed by atoms with van der Waals surface area (Å²) < 4.78 is -0.998. The molecule has 0 saturated carbocycles. The molecule has 0 aromatic rings. The average molecular weight is 289 g/mol. The third-order valence-corrected chi connectivity index (χ3v) is 5.06. The summed E-state index contributed by atoms with van der Waals surface area (Å²) in [6, 6.07) is 0. The van der Waals surface area contributed by atoms with Gasteiger partial charge in [-0.2, -0.15) is 0 Å². The maximum absolute atomic E-state index is 10.6. The molecule has 0 fully saturated rings. The zero-order valence-electron chi connectivity index (χ0n) is 6.51. The summed E-state index contributed by atoms with van der Waals surface area (Å²) in [5.41, 5.74) is 0. The van der Waals surface area contributed by atoms with E-state index in [4.69, 9.17) is 0 Å². The van der Waals surface area contributed by atoms with Gasteiger partial charge in [-0.1, -0.05) is 29.8 Å². The van der Waals surface area contributed by atoms with Crippen molar-refractivity contribution < 1.29 is 4.92 Å². The van der Waals surface area contributed by atoms with Crippen molar-refractivity contribution in [2.75, 3.05) is 0 Å². The minimum atomic E-state index is -0.998. The Labute approximate surface area is 83.0 Å². The lowest BCUT2D eigenvalue weighted by Crippen LogP contribution is -2.39. The Balaban J connectivity index is 4.45. The lowest BCUT2D eigenvalue weighted by atomic mass is 10.1. The quantitative estimate of drug-likeness (QED) is 0.345. The molecule has 0 aliphatic rings. The first-order chi connectivity index (χ1) is 4.99. The molecule has 66 valence electrons. The van der Waals surface area contributed by atoms with Gasteiger partial charge in [-0.3, -0.25) is 10.1 Å². The van der Waals surface area contributed by atoms with E-state index in [2.05, 4.69) is 31.9 Å². The summed E-state index contributed by atoms with van der Waals surface area (Å²) in [5, 5.41) is 10.6. The Kier molecular flexibility index (Phi) is 4.55. The molecule has 11 heavy (non-hydrogen) atoms. The molecular formula is C6H11Br2NO2. The number of rotatable bonds is 4. The molecule has 0 rings (SSSR count). The lowest BCUT2D eigenvalue weighted by molar-refractivity contribution is -0.534. The van der Waals surface area contributed by atoms with Crippen LogP contribution in [-0.2, 0) is 0 Å². The van der Waals surface area contributed by atoms with Crippen molar-refractivity contribution in [3.05, 3.63) is 10.1 Å². The Morgan fingerprint density at radius 3 is 2.18 bits per heavy atom. The van der Waals surface area contributed by atoms with E-state index in [1.54, 1.807) is 6.92 Å². The Hall–Kier alpha value is 0.360. The Bertz CT molecular complexity index is 154. The van der Waals surface area contributed by atoms with Gasteiger partial charge in [0, 0.05) is 27.3 Å². The molecule has 0 aliphatic heterocycles. The van der Waals surface area contributed by atoms with Gasteiger partial charge in [0.15, 0.2) is 0 Å². The fourth-order valence-corrected chi connectivity index (χ4v) is 1.59. The van der Waals surface area contributed by atoms with Crippen molar-refractivity contribution in [3.8, 4) is 0 Å². The van der Waals surface area contributed by atoms with Crippen LogP contribution in [0, 0.1) is 10.1 Å². The molecule has 0 radical (unpaired) electrons. The first-order valence-corrected chi connectivity index (χ1v) is 5.17. The smallest absolute Gasteiger partial charge is 0.263 e. The molecule has 2 atom stereocenters. The van der Waals surface area contributed by atoms with Crippen molar-refractivity contribution in [2.45, 2.75) is 36.0 Å². The average Bonchev–Trinajstić information content (AvgIpc) is 2.01. The standard InChI is InChI=1S/C6H11Br2NO2/c1-3-5(7)6(8,4-2)9(10)11/h5H,3-4H2,1-2H3. The lowest BCUT2D eigenvalue weighted by Gasteiger charge is -2.21. The summed E-state index contributed by atoms with van der Waals surface area (Å²) in [6.45, 7) is 3.70. The molecule has 0 aromatic heterocycles. The van der Waals surface area contributed by atoms with Gasteiger partial charge in [-0.25, -0.2) is 0 Å². The number of halogens is 2. The van der Waals surface area contributed by atoms with Crippen molar-refractivity contribution in [2.24, 2.45) is 0 Å². The number of hydrogen-bond acceptors (Lipinski definition) is 2. The summed E-state index contributed by atoms with van der Waals surface area (Å²) >= 11 is 6.40. The maximum atomic E-state index is 10.6. The molecule has 0 heterocycles. The molecule has 0 N–H and O–H groups in total. The highest BCUT2D eigenvalue weighted by Crippen LogP contribution is 2.33. The van der Waals surface area contributed by atoms with Crippen LogP contribution in [0.3, 0.4) is 0 Å². The minimum Gasteiger partial charge on any atom is -0.263 e. The highest BCUT2D eigenvalue weighted by molar-refractivity contribution is 9.12. The third-order valence-electron chi connectivity index (χ3n) is 1.64. The molecular weight excluding hydrogens is 278 g/mol. The SMILES string of the molecule is CCC(Br)C(Br)(CC)[N+](=O)[O-]. The van der Waals surface area contributed by atoms with Crippen LogP contribution in [0.5, 0.6) is 0 Å². The molecule has 0 bridgehead atoms. The van der Waals surface area contributed by atoms with E-state index in [0.29, 0.717) is 6.42 Å². The van der Waals surface area contributed by atoms with Gasteiger partial charge in [0.05, 0.1) is 4.83 Å². The summed E-state index contributed by atoms with van der Waals surface area (Å²) in [6.07, 6.45) is 1.21. The maximum Gasteiger partial charge on any atom is 0.286 e. The number of nitro groups is 1. The van der Waals surface area contributed by atoms with Crippen LogP contribution >= 0.6 is 31.9 Å². The van der Waals surface area contributed by atoms with Crippen LogP contribution in [0.2, 0.25) is 0 Å². The van der Waals surface area contributed by atoms with E-state index in [0.717, 1.165) is 6.42 Å². The molecule has 0 saturated heterocycles. The predicted molar refractivity (Wildman–Crippen MR) is 51.9 cm³/mol. The molecule has 0 aromatic carbocycles. The van der Waals surface area contributed by atoms with Crippen LogP contribution in [-0.4, -0.2) is 14.2 Å². The van der Waals surface area contributed by atoms with E-state index >= 15 is 0 Å². The van der Waals surface area contributed by atoms with Crippen LogP contribution in [0.1, 0.15) is 26.7 Å². The number of hydrogen-bond donors (Lipinski definition) is 0. The second-order valence-corrected chi connectivity index (χ2v) is 4.78. The molecule has 0 spiro atoms. The van der Waals surface area contributed by atoms with Gasteiger partial charge in [0.25, 0.3) is 4.45 Å². The summed E-state index contributed by atoms with van der Waals surface area (Å²) in [7, 11) is 0. The normalized spacial score (nSPS) is 18.9. The van der Waals surface area contributed by atoms with Gasteiger partial charge in [-0.15, -0.1) is 0 Å². The highest BCUT2D eigenvalue weighted by atomic mass is 79.9. The zero-order chi connectivity index (χ0) is 9.07. The fourth-order valence-electron chi connectivity index (χ4n) is 0.778. The van der Waals surface area contributed by atoms with Crippen molar-refractivity contribution >= 4 is 31.9 Å². The Morgan fingerprint density at radius 1 is 1.64 bits per heavy atom. The first kappa shape index (κ1) is 11.4. The number of nitrogens with zero attached hydrogens (tertiary/aromatic N) is 1. The van der Waals surface area contributed by atoms with Crippen LogP contribution in [0.25, 0.3) is 0 Å². The van der Waals surface area contributed by atoms with Gasteiger partial charge in [0.1, 0.15) is 0 Å². The Morgan fingerprint density at radius 2 is 2.09 bits per heavy atom. The third kappa shape index (κ3) is 2.40. The topological polar surface area (TPSA) is 43.1 Å². The molecule has 2 unspecified atom stereocenters. The monoisotopic (exact) mass is 287 g/mol. The molecule has 3 nitrogen and oxygen atoms in total.